The standard InChI is InChI=1S/C40H41ClN6O5SSi/c1-40(2,3)54(33-12-6-4-7-13-33,34-14-8-5-9-15-34)52-23-19-32-28-45(53(50,51)37-25-29-24-31(41)17-18-35(29)44-37)21-22-46(32)39(48)38-42-26-30(27-43-38)36-16-10-11-20-47(36)49/h4-18,20,24-27,32,44H,19,21-23,28H2,1-3H3. The van der Waals surface area contributed by atoms with Gasteiger partial charge in [0, 0.05) is 72.7 Å². The second kappa shape index (κ2) is 15.1. The number of nitrogens with one attached hydrogen (secondary N) is 1. The molecule has 3 aromatic heterocycles. The molecule has 1 amide bonds. The lowest BCUT2D eigenvalue weighted by Gasteiger charge is -2.44. The highest BCUT2D eigenvalue weighted by atomic mass is 35.5. The van der Waals surface area contributed by atoms with E-state index in [1.807, 2.05) is 36.4 Å². The molecule has 278 valence electrons. The Bertz CT molecular complexity index is 2330. The fourth-order valence-electron chi connectivity index (χ4n) is 7.38. The number of amides is 1. The summed E-state index contributed by atoms with van der Waals surface area (Å²) in [6, 6.07) is 31.8. The summed E-state index contributed by atoms with van der Waals surface area (Å²) in [6.07, 6.45) is 4.64. The summed E-state index contributed by atoms with van der Waals surface area (Å²) in [5.41, 5.74) is 1.47. The molecule has 3 aromatic carbocycles. The van der Waals surface area contributed by atoms with Gasteiger partial charge in [-0.15, -0.1) is 0 Å². The molecule has 0 radical (unpaired) electrons. The second-order valence-electron chi connectivity index (χ2n) is 14.4. The lowest BCUT2D eigenvalue weighted by Crippen LogP contribution is -2.67. The minimum Gasteiger partial charge on any atom is -0.618 e. The molecule has 54 heavy (non-hydrogen) atoms. The van der Waals surface area contributed by atoms with Gasteiger partial charge in [0.1, 0.15) is 5.03 Å². The highest BCUT2D eigenvalue weighted by molar-refractivity contribution is 7.89. The number of hydrogen-bond donors (Lipinski definition) is 1. The van der Waals surface area contributed by atoms with Crippen LogP contribution in [0.15, 0.2) is 127 Å². The van der Waals surface area contributed by atoms with Crippen LogP contribution in [0.3, 0.4) is 0 Å². The molecule has 1 atom stereocenters. The number of benzene rings is 3. The van der Waals surface area contributed by atoms with Crippen LogP contribution in [0.25, 0.3) is 22.2 Å². The van der Waals surface area contributed by atoms with Gasteiger partial charge < -0.3 is 19.5 Å². The van der Waals surface area contributed by atoms with Crippen molar-refractivity contribution in [3.8, 4) is 11.3 Å². The highest BCUT2D eigenvalue weighted by Crippen LogP contribution is 2.37. The number of nitrogens with zero attached hydrogens (tertiary/aromatic N) is 5. The monoisotopic (exact) mass is 780 g/mol. The molecule has 1 N–H and O–H groups in total. The van der Waals surface area contributed by atoms with Gasteiger partial charge in [-0.25, -0.2) is 18.4 Å². The van der Waals surface area contributed by atoms with Crippen LogP contribution in [0.5, 0.6) is 0 Å². The summed E-state index contributed by atoms with van der Waals surface area (Å²) >= 11 is 6.19. The van der Waals surface area contributed by atoms with Crippen LogP contribution in [0.1, 0.15) is 37.8 Å². The van der Waals surface area contributed by atoms with Crippen molar-refractivity contribution in [1.82, 2.24) is 24.2 Å². The largest absolute Gasteiger partial charge is 0.618 e. The first-order valence-corrected chi connectivity index (χ1v) is 21.5. The van der Waals surface area contributed by atoms with Crippen molar-refractivity contribution in [1.29, 1.82) is 0 Å². The lowest BCUT2D eigenvalue weighted by atomic mass is 10.1. The van der Waals surface area contributed by atoms with Crippen molar-refractivity contribution < 1.29 is 22.4 Å². The Morgan fingerprint density at radius 3 is 2.22 bits per heavy atom. The van der Waals surface area contributed by atoms with Crippen molar-refractivity contribution in [3.05, 3.63) is 138 Å². The van der Waals surface area contributed by atoms with Crippen molar-refractivity contribution >= 4 is 57.1 Å². The SMILES string of the molecule is CC(C)(C)[Si](OCCC1CN(S(=O)(=O)c2cc3cc(Cl)ccc3[nH]2)CCN1C(=O)c1ncc(-c2cccc[n+]2[O-])cn1)(c1ccccc1)c1ccccc1. The molecule has 0 bridgehead atoms. The number of sulfonamides is 1. The Kier molecular flexibility index (Phi) is 10.4. The Labute approximate surface area is 321 Å². The number of carbonyl (C=O) groups excluding carboxylic acids is 1. The summed E-state index contributed by atoms with van der Waals surface area (Å²) in [7, 11) is -6.91. The Balaban J connectivity index is 1.20. The summed E-state index contributed by atoms with van der Waals surface area (Å²) < 4.78 is 37.6. The molecule has 11 nitrogen and oxygen atoms in total. The number of halogens is 1. The number of fused-ring (bicyclic) bond motifs is 1. The van der Waals surface area contributed by atoms with Crippen LogP contribution in [-0.4, -0.2) is 79.1 Å². The number of aromatic nitrogens is 4. The predicted molar refractivity (Wildman–Crippen MR) is 212 cm³/mol. The molecule has 4 heterocycles. The molecule has 1 unspecified atom stereocenters. The van der Waals surface area contributed by atoms with Gasteiger partial charge in [-0.3, -0.25) is 4.79 Å². The molecule has 0 saturated carbocycles. The van der Waals surface area contributed by atoms with Crippen molar-refractivity contribution in [2.75, 3.05) is 26.2 Å². The molecular weight excluding hydrogens is 740 g/mol. The molecule has 1 fully saturated rings. The van der Waals surface area contributed by atoms with E-state index in [2.05, 4.69) is 60.0 Å². The molecule has 0 aliphatic carbocycles. The summed E-state index contributed by atoms with van der Waals surface area (Å²) in [6.45, 7) is 7.06. The van der Waals surface area contributed by atoms with Gasteiger partial charge >= 0.3 is 0 Å². The maximum Gasteiger partial charge on any atom is 0.291 e. The van der Waals surface area contributed by atoms with Crippen LogP contribution in [0.4, 0.5) is 0 Å². The van der Waals surface area contributed by atoms with Crippen molar-refractivity contribution in [2.45, 2.75) is 43.3 Å². The predicted octanol–water partition coefficient (Wildman–Crippen LogP) is 5.39. The van der Waals surface area contributed by atoms with Crippen molar-refractivity contribution in [3.63, 3.8) is 0 Å². The van der Waals surface area contributed by atoms with Gasteiger partial charge in [-0.1, -0.05) is 93.0 Å². The van der Waals surface area contributed by atoms with E-state index in [0.717, 1.165) is 10.4 Å². The van der Waals surface area contributed by atoms with Gasteiger partial charge in [-0.2, -0.15) is 9.04 Å². The fraction of sp³-hybridized carbons (Fsp3) is 0.250. The minimum absolute atomic E-state index is 0.0343. The second-order valence-corrected chi connectivity index (χ2v) is 21.0. The third-order valence-electron chi connectivity index (χ3n) is 10.0. The van der Waals surface area contributed by atoms with Crippen LogP contribution in [-0.2, 0) is 14.4 Å². The average molecular weight is 781 g/mol. The zero-order chi connectivity index (χ0) is 38.1. The number of carbonyl (C=O) groups is 1. The molecule has 14 heteroatoms. The minimum atomic E-state index is -3.98. The number of rotatable bonds is 10. The number of pyridine rings is 1. The van der Waals surface area contributed by atoms with Gasteiger partial charge in [0.2, 0.25) is 11.5 Å². The zero-order valence-corrected chi connectivity index (χ0v) is 32.8. The quantitative estimate of drug-likeness (QED) is 0.112. The van der Waals surface area contributed by atoms with Crippen LogP contribution >= 0.6 is 11.6 Å². The molecular formula is C40H41ClN6O5SSi. The molecule has 0 spiro atoms. The van der Waals surface area contributed by atoms with E-state index in [1.165, 1.54) is 22.9 Å². The molecule has 1 aliphatic heterocycles. The summed E-state index contributed by atoms with van der Waals surface area (Å²) in [4.78, 5) is 27.6. The van der Waals surface area contributed by atoms with E-state index < -0.39 is 30.3 Å². The van der Waals surface area contributed by atoms with E-state index in [0.29, 0.717) is 38.3 Å². The Morgan fingerprint density at radius 1 is 0.944 bits per heavy atom. The van der Waals surface area contributed by atoms with Gasteiger partial charge in [0.15, 0.2) is 6.20 Å². The fourth-order valence-corrected chi connectivity index (χ4v) is 13.6. The van der Waals surface area contributed by atoms with Crippen LogP contribution in [0.2, 0.25) is 10.1 Å². The number of hydrogen-bond acceptors (Lipinski definition) is 7. The summed E-state index contributed by atoms with van der Waals surface area (Å²) in [5, 5.41) is 15.5. The first-order valence-electron chi connectivity index (χ1n) is 17.7. The van der Waals surface area contributed by atoms with E-state index in [4.69, 9.17) is 16.0 Å². The number of H-pyrrole nitrogens is 1. The highest BCUT2D eigenvalue weighted by Gasteiger charge is 2.50. The third kappa shape index (κ3) is 7.17. The third-order valence-corrected chi connectivity index (χ3v) is 17.1. The smallest absolute Gasteiger partial charge is 0.291 e. The van der Waals surface area contributed by atoms with E-state index in [9.17, 15) is 18.4 Å². The average Bonchev–Trinajstić information content (AvgIpc) is 3.61. The summed E-state index contributed by atoms with van der Waals surface area (Å²) in [5.74, 6) is -0.480. The first kappa shape index (κ1) is 37.4. The van der Waals surface area contributed by atoms with Crippen LogP contribution < -0.4 is 15.1 Å². The Morgan fingerprint density at radius 2 is 1.59 bits per heavy atom. The molecule has 1 aliphatic rings. The lowest BCUT2D eigenvalue weighted by molar-refractivity contribution is -0.593. The first-order chi connectivity index (χ1) is 25.9. The van der Waals surface area contributed by atoms with E-state index in [1.54, 1.807) is 47.4 Å². The van der Waals surface area contributed by atoms with Crippen LogP contribution in [0, 0.1) is 5.21 Å². The maximum atomic E-state index is 14.2. The Hall–Kier alpha value is -4.92. The molecule has 7 rings (SSSR count). The zero-order valence-electron chi connectivity index (χ0n) is 30.2. The molecule has 1 saturated heterocycles. The molecule has 6 aromatic rings. The van der Waals surface area contributed by atoms with Gasteiger partial charge in [0.05, 0.1) is 5.56 Å². The van der Waals surface area contributed by atoms with Gasteiger partial charge in [-0.05, 0) is 52.2 Å². The number of aromatic amines is 1. The number of piperazine rings is 1. The van der Waals surface area contributed by atoms with E-state index in [-0.39, 0.29) is 42.1 Å². The van der Waals surface area contributed by atoms with Gasteiger partial charge in [0.25, 0.3) is 24.2 Å². The normalized spacial score (nSPS) is 15.8. The van der Waals surface area contributed by atoms with E-state index >= 15 is 0 Å². The van der Waals surface area contributed by atoms with Crippen molar-refractivity contribution in [2.24, 2.45) is 0 Å². The maximum absolute atomic E-state index is 14.2. The topological polar surface area (TPSA) is 135 Å².